The first-order chi connectivity index (χ1) is 10.3. The van der Waals surface area contributed by atoms with Crippen LogP contribution in [0, 0.1) is 0 Å². The molecule has 3 rings (SSSR count). The summed E-state index contributed by atoms with van der Waals surface area (Å²) in [6.07, 6.45) is 0. The summed E-state index contributed by atoms with van der Waals surface area (Å²) in [5.74, 6) is 1.53. The van der Waals surface area contributed by atoms with Crippen LogP contribution < -0.4 is 4.74 Å². The van der Waals surface area contributed by atoms with Crippen molar-refractivity contribution >= 4 is 15.9 Å². The second kappa shape index (κ2) is 6.05. The average Bonchev–Trinajstić information content (AvgIpc) is 2.99. The van der Waals surface area contributed by atoms with E-state index in [1.807, 2.05) is 55.5 Å². The van der Waals surface area contributed by atoms with Crippen molar-refractivity contribution in [3.05, 3.63) is 53.0 Å². The van der Waals surface area contributed by atoms with Gasteiger partial charge in [-0.3, -0.25) is 0 Å². The van der Waals surface area contributed by atoms with Crippen molar-refractivity contribution in [2.24, 2.45) is 0 Å². The molecule has 1 heterocycles. The molecule has 21 heavy (non-hydrogen) atoms. The molecule has 0 radical (unpaired) electrons. The van der Waals surface area contributed by atoms with E-state index in [0.717, 1.165) is 21.5 Å². The second-order valence-corrected chi connectivity index (χ2v) is 5.26. The van der Waals surface area contributed by atoms with Crippen molar-refractivity contribution in [1.29, 1.82) is 0 Å². The Morgan fingerprint density at radius 2 is 1.76 bits per heavy atom. The zero-order chi connectivity index (χ0) is 14.7. The van der Waals surface area contributed by atoms with Crippen LogP contribution in [0.4, 0.5) is 0 Å². The van der Waals surface area contributed by atoms with E-state index < -0.39 is 0 Å². The average molecular weight is 345 g/mol. The van der Waals surface area contributed by atoms with Gasteiger partial charge in [-0.1, -0.05) is 28.1 Å². The molecule has 0 bridgehead atoms. The number of hydrogen-bond donors (Lipinski definition) is 0. The SMILES string of the molecule is CCOc1ccc(-n2nnnc2-c2ccc(Br)cc2)cc1. The van der Waals surface area contributed by atoms with Gasteiger partial charge in [0.2, 0.25) is 0 Å². The minimum Gasteiger partial charge on any atom is -0.494 e. The molecule has 0 amide bonds. The van der Waals surface area contributed by atoms with E-state index in [2.05, 4.69) is 31.5 Å². The lowest BCUT2D eigenvalue weighted by molar-refractivity contribution is 0.340. The van der Waals surface area contributed by atoms with Crippen LogP contribution in [0.3, 0.4) is 0 Å². The molecule has 2 aromatic carbocycles. The van der Waals surface area contributed by atoms with Crippen molar-refractivity contribution in [3.8, 4) is 22.8 Å². The van der Waals surface area contributed by atoms with Gasteiger partial charge in [0.15, 0.2) is 5.82 Å². The minimum absolute atomic E-state index is 0.647. The number of hydrogen-bond acceptors (Lipinski definition) is 4. The molecule has 0 aliphatic rings. The molecule has 1 aromatic heterocycles. The molecule has 5 nitrogen and oxygen atoms in total. The van der Waals surface area contributed by atoms with Gasteiger partial charge in [0.05, 0.1) is 12.3 Å². The first kappa shape index (κ1) is 13.8. The Morgan fingerprint density at radius 3 is 2.43 bits per heavy atom. The summed E-state index contributed by atoms with van der Waals surface area (Å²) in [6, 6.07) is 15.6. The smallest absolute Gasteiger partial charge is 0.187 e. The molecule has 0 atom stereocenters. The number of ether oxygens (including phenoxy) is 1. The van der Waals surface area contributed by atoms with Crippen molar-refractivity contribution < 1.29 is 4.74 Å². The third-order valence-electron chi connectivity index (χ3n) is 2.96. The molecule has 0 aliphatic heterocycles. The Hall–Kier alpha value is -2.21. The summed E-state index contributed by atoms with van der Waals surface area (Å²) < 4.78 is 8.17. The Kier molecular flexibility index (Phi) is 3.96. The third-order valence-corrected chi connectivity index (χ3v) is 3.49. The van der Waals surface area contributed by atoms with E-state index in [1.165, 1.54) is 0 Å². The van der Waals surface area contributed by atoms with E-state index >= 15 is 0 Å². The lowest BCUT2D eigenvalue weighted by Crippen LogP contribution is -2.00. The number of aromatic nitrogens is 4. The summed E-state index contributed by atoms with van der Waals surface area (Å²) in [6.45, 7) is 2.61. The summed E-state index contributed by atoms with van der Waals surface area (Å²) in [5.41, 5.74) is 1.85. The lowest BCUT2D eigenvalue weighted by Gasteiger charge is -2.06. The van der Waals surface area contributed by atoms with Crippen molar-refractivity contribution in [3.63, 3.8) is 0 Å². The van der Waals surface area contributed by atoms with Crippen LogP contribution in [-0.4, -0.2) is 26.8 Å². The molecule has 0 saturated heterocycles. The third kappa shape index (κ3) is 2.95. The zero-order valence-electron chi connectivity index (χ0n) is 11.4. The number of nitrogens with zero attached hydrogens (tertiary/aromatic N) is 4. The Morgan fingerprint density at radius 1 is 1.05 bits per heavy atom. The van der Waals surface area contributed by atoms with Gasteiger partial charge in [0.25, 0.3) is 0 Å². The topological polar surface area (TPSA) is 52.8 Å². The molecule has 3 aromatic rings. The van der Waals surface area contributed by atoms with Crippen LogP contribution in [0.25, 0.3) is 17.1 Å². The predicted octanol–water partition coefficient (Wildman–Crippen LogP) is 3.49. The van der Waals surface area contributed by atoms with Crippen LogP contribution in [0.5, 0.6) is 5.75 Å². The van der Waals surface area contributed by atoms with Gasteiger partial charge in [0, 0.05) is 10.0 Å². The first-order valence-electron chi connectivity index (χ1n) is 6.55. The molecule has 6 heteroatoms. The van der Waals surface area contributed by atoms with Gasteiger partial charge in [0.1, 0.15) is 5.75 Å². The molecule has 0 aliphatic carbocycles. The molecular weight excluding hydrogens is 332 g/mol. The molecule has 0 saturated carbocycles. The largest absolute Gasteiger partial charge is 0.494 e. The zero-order valence-corrected chi connectivity index (χ0v) is 13.0. The quantitative estimate of drug-likeness (QED) is 0.726. The fraction of sp³-hybridized carbons (Fsp3) is 0.133. The maximum Gasteiger partial charge on any atom is 0.187 e. The Bertz CT molecular complexity index is 722. The first-order valence-corrected chi connectivity index (χ1v) is 7.35. The highest BCUT2D eigenvalue weighted by Crippen LogP contribution is 2.22. The predicted molar refractivity (Wildman–Crippen MR) is 83.5 cm³/mol. The van der Waals surface area contributed by atoms with E-state index in [-0.39, 0.29) is 0 Å². The van der Waals surface area contributed by atoms with E-state index in [1.54, 1.807) is 4.68 Å². The van der Waals surface area contributed by atoms with Crippen molar-refractivity contribution in [1.82, 2.24) is 20.2 Å². The van der Waals surface area contributed by atoms with Gasteiger partial charge in [-0.15, -0.1) is 5.10 Å². The molecular formula is C15H13BrN4O. The number of benzene rings is 2. The fourth-order valence-electron chi connectivity index (χ4n) is 1.99. The highest BCUT2D eigenvalue weighted by Gasteiger charge is 2.10. The molecule has 106 valence electrons. The summed E-state index contributed by atoms with van der Waals surface area (Å²) in [5, 5.41) is 11.9. The standard InChI is InChI=1S/C15H13BrN4O/c1-2-21-14-9-7-13(8-10-14)20-15(17-18-19-20)11-3-5-12(16)6-4-11/h3-10H,2H2,1H3. The van der Waals surface area contributed by atoms with Gasteiger partial charge in [-0.2, -0.15) is 4.68 Å². The maximum absolute atomic E-state index is 5.44. The number of rotatable bonds is 4. The van der Waals surface area contributed by atoms with Crippen LogP contribution >= 0.6 is 15.9 Å². The highest BCUT2D eigenvalue weighted by molar-refractivity contribution is 9.10. The van der Waals surface area contributed by atoms with Gasteiger partial charge >= 0.3 is 0 Å². The lowest BCUT2D eigenvalue weighted by atomic mass is 10.2. The highest BCUT2D eigenvalue weighted by atomic mass is 79.9. The van der Waals surface area contributed by atoms with E-state index in [4.69, 9.17) is 4.74 Å². The van der Waals surface area contributed by atoms with Crippen LogP contribution in [-0.2, 0) is 0 Å². The van der Waals surface area contributed by atoms with E-state index in [0.29, 0.717) is 12.4 Å². The van der Waals surface area contributed by atoms with Crippen LogP contribution in [0.2, 0.25) is 0 Å². The fourth-order valence-corrected chi connectivity index (χ4v) is 2.25. The molecule has 0 fully saturated rings. The molecule has 0 spiro atoms. The van der Waals surface area contributed by atoms with E-state index in [9.17, 15) is 0 Å². The summed E-state index contributed by atoms with van der Waals surface area (Å²) >= 11 is 3.42. The Balaban J connectivity index is 1.96. The van der Waals surface area contributed by atoms with Gasteiger partial charge in [-0.25, -0.2) is 0 Å². The summed E-state index contributed by atoms with van der Waals surface area (Å²) in [4.78, 5) is 0. The molecule has 0 N–H and O–H groups in total. The monoisotopic (exact) mass is 344 g/mol. The van der Waals surface area contributed by atoms with Crippen molar-refractivity contribution in [2.45, 2.75) is 6.92 Å². The van der Waals surface area contributed by atoms with Crippen LogP contribution in [0.15, 0.2) is 53.0 Å². The van der Waals surface area contributed by atoms with Gasteiger partial charge in [-0.05, 0) is 53.7 Å². The summed E-state index contributed by atoms with van der Waals surface area (Å²) in [7, 11) is 0. The normalized spacial score (nSPS) is 10.6. The van der Waals surface area contributed by atoms with Crippen molar-refractivity contribution in [2.75, 3.05) is 6.61 Å². The second-order valence-electron chi connectivity index (χ2n) is 4.35. The van der Waals surface area contributed by atoms with Crippen LogP contribution in [0.1, 0.15) is 6.92 Å². The Labute approximate surface area is 130 Å². The minimum atomic E-state index is 0.647. The van der Waals surface area contributed by atoms with Gasteiger partial charge < -0.3 is 4.74 Å². The number of halogens is 1. The number of tetrazole rings is 1. The molecule has 0 unspecified atom stereocenters. The maximum atomic E-state index is 5.44.